The third-order valence-corrected chi connectivity index (χ3v) is 2.73. The second-order valence-corrected chi connectivity index (χ2v) is 4.17. The van der Waals surface area contributed by atoms with Crippen molar-refractivity contribution in [2.24, 2.45) is 0 Å². The molecule has 4 nitrogen and oxygen atoms in total. The largest absolute Gasteiger partial charge is 0.508 e. The van der Waals surface area contributed by atoms with Gasteiger partial charge in [0, 0.05) is 10.8 Å². The lowest BCUT2D eigenvalue weighted by Gasteiger charge is -2.01. The number of fused-ring (bicyclic) bond motifs is 1. The number of benzene rings is 3. The summed E-state index contributed by atoms with van der Waals surface area (Å²) in [4.78, 5) is 0. The summed E-state index contributed by atoms with van der Waals surface area (Å²) in [5, 5.41) is 37.4. The van der Waals surface area contributed by atoms with Gasteiger partial charge in [-0.2, -0.15) is 0 Å². The summed E-state index contributed by atoms with van der Waals surface area (Å²) >= 11 is 0. The molecule has 0 amide bonds. The SMILES string of the molecule is Oc1ccc(O)cc1.Oc1cccc2c(O)cccc12. The fourth-order valence-electron chi connectivity index (χ4n) is 1.73. The summed E-state index contributed by atoms with van der Waals surface area (Å²) in [6.45, 7) is 0. The predicted octanol–water partition coefficient (Wildman–Crippen LogP) is 3.35. The Hall–Kier alpha value is -2.88. The monoisotopic (exact) mass is 270 g/mol. The van der Waals surface area contributed by atoms with E-state index in [1.807, 2.05) is 0 Å². The van der Waals surface area contributed by atoms with Gasteiger partial charge in [0.05, 0.1) is 0 Å². The third kappa shape index (κ3) is 3.11. The molecule has 3 rings (SSSR count). The first-order valence-corrected chi connectivity index (χ1v) is 5.95. The van der Waals surface area contributed by atoms with Crippen LogP contribution in [-0.2, 0) is 0 Å². The van der Waals surface area contributed by atoms with Crippen LogP contribution in [0.5, 0.6) is 23.0 Å². The van der Waals surface area contributed by atoms with Crippen molar-refractivity contribution < 1.29 is 20.4 Å². The van der Waals surface area contributed by atoms with Crippen LogP contribution in [0.1, 0.15) is 0 Å². The average molecular weight is 270 g/mol. The first-order chi connectivity index (χ1) is 9.58. The molecule has 0 aromatic heterocycles. The van der Waals surface area contributed by atoms with Gasteiger partial charge in [-0.25, -0.2) is 0 Å². The first kappa shape index (κ1) is 13.5. The van der Waals surface area contributed by atoms with Gasteiger partial charge in [0.15, 0.2) is 0 Å². The average Bonchev–Trinajstić information content (AvgIpc) is 2.44. The molecule has 0 saturated carbocycles. The molecule has 0 radical (unpaired) electrons. The Morgan fingerprint density at radius 1 is 0.450 bits per heavy atom. The van der Waals surface area contributed by atoms with Crippen molar-refractivity contribution in [3.05, 3.63) is 60.7 Å². The van der Waals surface area contributed by atoms with Crippen LogP contribution in [-0.4, -0.2) is 20.4 Å². The third-order valence-electron chi connectivity index (χ3n) is 2.73. The van der Waals surface area contributed by atoms with Gasteiger partial charge in [-0.05, 0) is 36.4 Å². The molecule has 0 fully saturated rings. The van der Waals surface area contributed by atoms with E-state index in [9.17, 15) is 10.2 Å². The number of aromatic hydroxyl groups is 4. The van der Waals surface area contributed by atoms with E-state index in [0.717, 1.165) is 0 Å². The highest BCUT2D eigenvalue weighted by Crippen LogP contribution is 2.29. The smallest absolute Gasteiger partial charge is 0.123 e. The summed E-state index contributed by atoms with van der Waals surface area (Å²) in [7, 11) is 0. The molecule has 3 aromatic carbocycles. The Morgan fingerprint density at radius 3 is 1.15 bits per heavy atom. The molecule has 0 aliphatic heterocycles. The maximum absolute atomic E-state index is 9.38. The highest BCUT2D eigenvalue weighted by atomic mass is 16.3. The van der Waals surface area contributed by atoms with Gasteiger partial charge in [-0.15, -0.1) is 0 Å². The van der Waals surface area contributed by atoms with Crippen LogP contribution >= 0.6 is 0 Å². The minimum absolute atomic E-state index is 0.169. The number of phenolic OH excluding ortho intramolecular Hbond substituents is 4. The van der Waals surface area contributed by atoms with E-state index in [4.69, 9.17) is 10.2 Å². The van der Waals surface area contributed by atoms with Gasteiger partial charge >= 0.3 is 0 Å². The number of phenols is 4. The Morgan fingerprint density at radius 2 is 0.800 bits per heavy atom. The minimum Gasteiger partial charge on any atom is -0.508 e. The van der Waals surface area contributed by atoms with E-state index in [1.54, 1.807) is 36.4 Å². The van der Waals surface area contributed by atoms with E-state index in [2.05, 4.69) is 0 Å². The lowest BCUT2D eigenvalue weighted by atomic mass is 10.1. The van der Waals surface area contributed by atoms with Gasteiger partial charge in [0.1, 0.15) is 23.0 Å². The molecule has 4 heteroatoms. The summed E-state index contributed by atoms with van der Waals surface area (Å²) in [6.07, 6.45) is 0. The minimum atomic E-state index is 0.169. The van der Waals surface area contributed by atoms with E-state index in [0.29, 0.717) is 10.8 Å². The molecular formula is C16H14O4. The van der Waals surface area contributed by atoms with Crippen LogP contribution in [0.3, 0.4) is 0 Å². The molecule has 0 saturated heterocycles. The fraction of sp³-hybridized carbons (Fsp3) is 0. The van der Waals surface area contributed by atoms with E-state index in [1.165, 1.54) is 24.3 Å². The molecular weight excluding hydrogens is 256 g/mol. The maximum atomic E-state index is 9.38. The predicted molar refractivity (Wildman–Crippen MR) is 77.0 cm³/mol. The van der Waals surface area contributed by atoms with Crippen molar-refractivity contribution in [1.82, 2.24) is 0 Å². The van der Waals surface area contributed by atoms with Crippen molar-refractivity contribution in [2.45, 2.75) is 0 Å². The Bertz CT molecular complexity index is 643. The lowest BCUT2D eigenvalue weighted by molar-refractivity contribution is 0.460. The van der Waals surface area contributed by atoms with Crippen LogP contribution < -0.4 is 0 Å². The molecule has 0 bridgehead atoms. The fourth-order valence-corrected chi connectivity index (χ4v) is 1.73. The van der Waals surface area contributed by atoms with Crippen LogP contribution in [0.15, 0.2) is 60.7 Å². The second kappa shape index (κ2) is 5.84. The molecule has 0 heterocycles. The van der Waals surface area contributed by atoms with Crippen molar-refractivity contribution in [1.29, 1.82) is 0 Å². The normalized spacial score (nSPS) is 9.80. The zero-order valence-electron chi connectivity index (χ0n) is 10.6. The zero-order chi connectivity index (χ0) is 14.5. The summed E-state index contributed by atoms with van der Waals surface area (Å²) in [5.41, 5.74) is 0. The topological polar surface area (TPSA) is 80.9 Å². The zero-order valence-corrected chi connectivity index (χ0v) is 10.6. The molecule has 4 N–H and O–H groups in total. The summed E-state index contributed by atoms with van der Waals surface area (Å²) in [5.74, 6) is 0.734. The number of hydrogen-bond donors (Lipinski definition) is 4. The second-order valence-electron chi connectivity index (χ2n) is 4.17. The van der Waals surface area contributed by atoms with Crippen LogP contribution in [0.25, 0.3) is 10.8 Å². The molecule has 20 heavy (non-hydrogen) atoms. The summed E-state index contributed by atoms with van der Waals surface area (Å²) < 4.78 is 0. The maximum Gasteiger partial charge on any atom is 0.123 e. The van der Waals surface area contributed by atoms with Crippen LogP contribution in [0.2, 0.25) is 0 Å². The molecule has 102 valence electrons. The van der Waals surface area contributed by atoms with Crippen LogP contribution in [0, 0.1) is 0 Å². The Kier molecular flexibility index (Phi) is 3.96. The lowest BCUT2D eigenvalue weighted by Crippen LogP contribution is -1.73. The molecule has 3 aromatic rings. The highest BCUT2D eigenvalue weighted by molar-refractivity contribution is 5.92. The van der Waals surface area contributed by atoms with Crippen molar-refractivity contribution in [2.75, 3.05) is 0 Å². The molecule has 0 aliphatic rings. The van der Waals surface area contributed by atoms with Crippen molar-refractivity contribution >= 4 is 10.8 Å². The van der Waals surface area contributed by atoms with E-state index < -0.39 is 0 Å². The standard InChI is InChI=1S/C10H8O2.C6H6O2/c11-9-5-1-3-7-8(9)4-2-6-10(7)12;7-5-1-2-6(8)4-3-5/h1-6,11-12H;1-4,7-8H. The Balaban J connectivity index is 0.000000160. The van der Waals surface area contributed by atoms with Crippen molar-refractivity contribution in [3.63, 3.8) is 0 Å². The Labute approximate surface area is 115 Å². The quantitative estimate of drug-likeness (QED) is 0.472. The number of rotatable bonds is 0. The highest BCUT2D eigenvalue weighted by Gasteiger charge is 2.00. The van der Waals surface area contributed by atoms with Crippen LogP contribution in [0.4, 0.5) is 0 Å². The first-order valence-electron chi connectivity index (χ1n) is 5.95. The molecule has 0 aliphatic carbocycles. The van der Waals surface area contributed by atoms with Gasteiger partial charge in [0.2, 0.25) is 0 Å². The van der Waals surface area contributed by atoms with Gasteiger partial charge in [-0.3, -0.25) is 0 Å². The van der Waals surface area contributed by atoms with Gasteiger partial charge in [-0.1, -0.05) is 24.3 Å². The van der Waals surface area contributed by atoms with Gasteiger partial charge in [0.25, 0.3) is 0 Å². The van der Waals surface area contributed by atoms with Crippen molar-refractivity contribution in [3.8, 4) is 23.0 Å². The molecule has 0 unspecified atom stereocenters. The molecule has 0 spiro atoms. The van der Waals surface area contributed by atoms with E-state index >= 15 is 0 Å². The molecule has 0 atom stereocenters. The number of hydrogen-bond acceptors (Lipinski definition) is 4. The summed E-state index contributed by atoms with van der Waals surface area (Å²) in [6, 6.07) is 15.8. The van der Waals surface area contributed by atoms with E-state index in [-0.39, 0.29) is 23.0 Å². The van der Waals surface area contributed by atoms with Gasteiger partial charge < -0.3 is 20.4 Å².